The Morgan fingerprint density at radius 1 is 1.19 bits per heavy atom. The molecule has 0 aromatic rings. The zero-order valence-electron chi connectivity index (χ0n) is 13.4. The predicted octanol–water partition coefficient (Wildman–Crippen LogP) is 0.180. The van der Waals surface area contributed by atoms with Gasteiger partial charge in [0, 0.05) is 26.4 Å². The van der Waals surface area contributed by atoms with Gasteiger partial charge < -0.3 is 15.1 Å². The zero-order chi connectivity index (χ0) is 16.4. The Labute approximate surface area is 132 Å². The van der Waals surface area contributed by atoms with Gasteiger partial charge in [-0.2, -0.15) is 12.6 Å². The number of hydrogen-bond donors (Lipinski definition) is 2. The fourth-order valence-corrected chi connectivity index (χ4v) is 2.04. The molecule has 0 saturated carbocycles. The van der Waals surface area contributed by atoms with Crippen LogP contribution in [0.3, 0.4) is 0 Å². The Morgan fingerprint density at radius 2 is 1.81 bits per heavy atom. The molecule has 7 heteroatoms. The van der Waals surface area contributed by atoms with Crippen LogP contribution in [0.2, 0.25) is 0 Å². The Bertz CT molecular complexity index is 361. The van der Waals surface area contributed by atoms with Gasteiger partial charge in [-0.15, -0.1) is 0 Å². The van der Waals surface area contributed by atoms with Crippen molar-refractivity contribution in [1.29, 1.82) is 0 Å². The first-order chi connectivity index (χ1) is 9.79. The number of likely N-dealkylation sites (N-methyl/N-ethyl adjacent to an activating group) is 1. The van der Waals surface area contributed by atoms with E-state index < -0.39 is 6.04 Å². The van der Waals surface area contributed by atoms with Crippen molar-refractivity contribution < 1.29 is 14.4 Å². The lowest BCUT2D eigenvalue weighted by atomic mass is 10.1. The SMILES string of the molecule is CC(=O)C[C@H](C(=O)NCCCN(C)C)N(C)C(=O)CCS. The molecule has 0 radical (unpaired) electrons. The van der Waals surface area contributed by atoms with E-state index in [1.807, 2.05) is 19.0 Å². The summed E-state index contributed by atoms with van der Waals surface area (Å²) in [5, 5.41) is 2.79. The van der Waals surface area contributed by atoms with Crippen LogP contribution in [0.4, 0.5) is 0 Å². The second-order valence-electron chi connectivity index (χ2n) is 5.35. The van der Waals surface area contributed by atoms with Crippen LogP contribution in [0, 0.1) is 0 Å². The van der Waals surface area contributed by atoms with Crippen LogP contribution in [-0.2, 0) is 14.4 Å². The molecule has 0 fully saturated rings. The van der Waals surface area contributed by atoms with Gasteiger partial charge >= 0.3 is 0 Å². The summed E-state index contributed by atoms with van der Waals surface area (Å²) in [7, 11) is 5.48. The van der Waals surface area contributed by atoms with Crippen molar-refractivity contribution in [1.82, 2.24) is 15.1 Å². The van der Waals surface area contributed by atoms with Crippen molar-refractivity contribution in [2.75, 3.05) is 40.0 Å². The molecular formula is C14H27N3O3S. The van der Waals surface area contributed by atoms with Gasteiger partial charge in [0.05, 0.1) is 0 Å². The molecule has 1 N–H and O–H groups in total. The van der Waals surface area contributed by atoms with E-state index in [4.69, 9.17) is 0 Å². The average molecular weight is 317 g/mol. The first kappa shape index (κ1) is 19.9. The maximum Gasteiger partial charge on any atom is 0.243 e. The fraction of sp³-hybridized carbons (Fsp3) is 0.786. The molecule has 0 aromatic heterocycles. The van der Waals surface area contributed by atoms with Crippen LogP contribution in [-0.4, -0.2) is 73.4 Å². The monoisotopic (exact) mass is 317 g/mol. The molecule has 0 saturated heterocycles. The van der Waals surface area contributed by atoms with Gasteiger partial charge in [-0.25, -0.2) is 0 Å². The molecule has 122 valence electrons. The van der Waals surface area contributed by atoms with Gasteiger partial charge in [0.15, 0.2) is 0 Å². The van der Waals surface area contributed by atoms with E-state index >= 15 is 0 Å². The third-order valence-corrected chi connectivity index (χ3v) is 3.27. The summed E-state index contributed by atoms with van der Waals surface area (Å²) in [5.74, 6) is -0.159. The molecule has 2 amide bonds. The second-order valence-corrected chi connectivity index (χ2v) is 5.80. The summed E-state index contributed by atoms with van der Waals surface area (Å²) in [4.78, 5) is 38.8. The quantitative estimate of drug-likeness (QED) is 0.445. The van der Waals surface area contributed by atoms with Gasteiger partial charge in [-0.3, -0.25) is 14.4 Å². The first-order valence-electron chi connectivity index (χ1n) is 7.08. The van der Waals surface area contributed by atoms with Gasteiger partial charge in [-0.1, -0.05) is 0 Å². The third-order valence-electron chi connectivity index (χ3n) is 3.05. The number of carbonyl (C=O) groups excluding carboxylic acids is 3. The van der Waals surface area contributed by atoms with Crippen molar-refractivity contribution in [3.05, 3.63) is 0 Å². The maximum absolute atomic E-state index is 12.2. The van der Waals surface area contributed by atoms with E-state index in [2.05, 4.69) is 17.9 Å². The lowest BCUT2D eigenvalue weighted by Gasteiger charge is -2.26. The molecule has 0 bridgehead atoms. The Balaban J connectivity index is 4.55. The molecule has 0 aliphatic heterocycles. The molecule has 0 aliphatic carbocycles. The van der Waals surface area contributed by atoms with Crippen LogP contribution < -0.4 is 5.32 Å². The number of hydrogen-bond acceptors (Lipinski definition) is 5. The van der Waals surface area contributed by atoms with E-state index in [-0.39, 0.29) is 30.4 Å². The minimum absolute atomic E-state index is 0.0360. The summed E-state index contributed by atoms with van der Waals surface area (Å²) in [5.41, 5.74) is 0. The van der Waals surface area contributed by atoms with E-state index in [9.17, 15) is 14.4 Å². The topological polar surface area (TPSA) is 69.7 Å². The standard InChI is InChI=1S/C14H27N3O3S/c1-11(18)10-12(17(4)13(19)6-9-21)14(20)15-7-5-8-16(2)3/h12,21H,5-10H2,1-4H3,(H,15,20)/t12-/m1/s1. The molecule has 0 rings (SSSR count). The number of amides is 2. The van der Waals surface area contributed by atoms with E-state index in [0.29, 0.717) is 12.3 Å². The first-order valence-corrected chi connectivity index (χ1v) is 7.71. The molecule has 0 aromatic carbocycles. The Kier molecular flexibility index (Phi) is 10.1. The number of nitrogens with one attached hydrogen (secondary N) is 1. The van der Waals surface area contributed by atoms with Crippen LogP contribution in [0.5, 0.6) is 0 Å². The minimum atomic E-state index is -0.741. The summed E-state index contributed by atoms with van der Waals surface area (Å²) < 4.78 is 0. The third kappa shape index (κ3) is 8.72. The largest absolute Gasteiger partial charge is 0.354 e. The molecule has 21 heavy (non-hydrogen) atoms. The number of Topliss-reactive ketones (excluding diaryl/α,β-unsaturated/α-hetero) is 1. The highest BCUT2D eigenvalue weighted by Crippen LogP contribution is 2.06. The number of carbonyl (C=O) groups is 3. The van der Waals surface area contributed by atoms with Gasteiger partial charge in [0.25, 0.3) is 0 Å². The molecule has 1 atom stereocenters. The summed E-state index contributed by atoms with van der Waals surface area (Å²) in [6.07, 6.45) is 1.11. The Hall–Kier alpha value is -1.08. The summed E-state index contributed by atoms with van der Waals surface area (Å²) in [6, 6.07) is -0.741. The van der Waals surface area contributed by atoms with Gasteiger partial charge in [0.2, 0.25) is 11.8 Å². The highest BCUT2D eigenvalue weighted by Gasteiger charge is 2.27. The van der Waals surface area contributed by atoms with E-state index in [0.717, 1.165) is 13.0 Å². The predicted molar refractivity (Wildman–Crippen MR) is 86.5 cm³/mol. The smallest absolute Gasteiger partial charge is 0.243 e. The van der Waals surface area contributed by atoms with Gasteiger partial charge in [-0.05, 0) is 39.7 Å². The van der Waals surface area contributed by atoms with Crippen LogP contribution in [0.15, 0.2) is 0 Å². The van der Waals surface area contributed by atoms with Crippen LogP contribution >= 0.6 is 12.6 Å². The molecule has 0 unspecified atom stereocenters. The molecule has 0 aliphatic rings. The molecular weight excluding hydrogens is 290 g/mol. The average Bonchev–Trinajstić information content (AvgIpc) is 2.39. The highest BCUT2D eigenvalue weighted by molar-refractivity contribution is 7.80. The fourth-order valence-electron chi connectivity index (χ4n) is 1.85. The van der Waals surface area contributed by atoms with Crippen molar-refractivity contribution in [3.8, 4) is 0 Å². The van der Waals surface area contributed by atoms with E-state index in [1.54, 1.807) is 7.05 Å². The number of ketones is 1. The Morgan fingerprint density at radius 3 is 2.29 bits per heavy atom. The number of thiol groups is 1. The second kappa shape index (κ2) is 10.6. The lowest BCUT2D eigenvalue weighted by molar-refractivity contribution is -0.140. The summed E-state index contributed by atoms with van der Waals surface area (Å²) in [6.45, 7) is 2.81. The molecule has 0 spiro atoms. The molecule has 6 nitrogen and oxygen atoms in total. The summed E-state index contributed by atoms with van der Waals surface area (Å²) >= 11 is 4.01. The number of nitrogens with zero attached hydrogens (tertiary/aromatic N) is 2. The van der Waals surface area contributed by atoms with Crippen molar-refractivity contribution in [2.24, 2.45) is 0 Å². The normalized spacial score (nSPS) is 12.1. The van der Waals surface area contributed by atoms with Crippen molar-refractivity contribution in [3.63, 3.8) is 0 Å². The highest BCUT2D eigenvalue weighted by atomic mass is 32.1. The lowest BCUT2D eigenvalue weighted by Crippen LogP contribution is -2.49. The van der Waals surface area contributed by atoms with Gasteiger partial charge in [0.1, 0.15) is 11.8 Å². The van der Waals surface area contributed by atoms with Crippen LogP contribution in [0.1, 0.15) is 26.2 Å². The maximum atomic E-state index is 12.2. The van der Waals surface area contributed by atoms with Crippen molar-refractivity contribution in [2.45, 2.75) is 32.2 Å². The van der Waals surface area contributed by atoms with Crippen molar-refractivity contribution >= 4 is 30.2 Å². The molecule has 0 heterocycles. The van der Waals surface area contributed by atoms with E-state index in [1.165, 1.54) is 11.8 Å². The number of rotatable bonds is 10. The zero-order valence-corrected chi connectivity index (χ0v) is 14.3. The van der Waals surface area contributed by atoms with Crippen LogP contribution in [0.25, 0.3) is 0 Å². The minimum Gasteiger partial charge on any atom is -0.354 e.